The van der Waals surface area contributed by atoms with Crippen molar-refractivity contribution < 1.29 is 13.9 Å². The van der Waals surface area contributed by atoms with E-state index in [1.54, 1.807) is 12.1 Å². The fraction of sp³-hybridized carbons (Fsp3) is 0.462. The molecule has 0 aromatic heterocycles. The highest BCUT2D eigenvalue weighted by Crippen LogP contribution is 2.18. The van der Waals surface area contributed by atoms with E-state index in [1.165, 1.54) is 13.2 Å². The van der Waals surface area contributed by atoms with E-state index in [1.807, 2.05) is 13.8 Å². The van der Waals surface area contributed by atoms with Crippen LogP contribution >= 0.6 is 0 Å². The van der Waals surface area contributed by atoms with Crippen molar-refractivity contribution in [1.82, 2.24) is 0 Å². The quantitative estimate of drug-likeness (QED) is 0.768. The number of hydrogen-bond donors (Lipinski definition) is 0. The molecule has 2 nitrogen and oxygen atoms in total. The van der Waals surface area contributed by atoms with Crippen LogP contribution in [0.25, 0.3) is 0 Å². The van der Waals surface area contributed by atoms with Gasteiger partial charge < -0.3 is 4.74 Å². The number of benzene rings is 1. The normalized spacial score (nSPS) is 10.6. The Morgan fingerprint density at radius 1 is 1.44 bits per heavy atom. The molecule has 3 heteroatoms. The number of Topliss-reactive ketones (excluding diaryl/α,β-unsaturated/α-hetero) is 1. The molecule has 16 heavy (non-hydrogen) atoms. The Morgan fingerprint density at radius 3 is 2.62 bits per heavy atom. The number of carbonyl (C=O) groups is 1. The summed E-state index contributed by atoms with van der Waals surface area (Å²) in [4.78, 5) is 11.5. The van der Waals surface area contributed by atoms with Crippen LogP contribution in [0.15, 0.2) is 18.2 Å². The largest absolute Gasteiger partial charge is 0.494 e. The molecule has 0 aliphatic carbocycles. The van der Waals surface area contributed by atoms with E-state index < -0.39 is 5.82 Å². The van der Waals surface area contributed by atoms with E-state index in [0.29, 0.717) is 24.3 Å². The zero-order valence-corrected chi connectivity index (χ0v) is 9.92. The molecule has 0 radical (unpaired) electrons. The SMILES string of the molecule is COc1ccc(CC(=O)CC(C)C)cc1F. The molecule has 0 unspecified atom stereocenters. The molecule has 0 spiro atoms. The lowest BCUT2D eigenvalue weighted by molar-refractivity contribution is -0.119. The van der Waals surface area contributed by atoms with Gasteiger partial charge in [0.25, 0.3) is 0 Å². The van der Waals surface area contributed by atoms with Crippen LogP contribution in [-0.4, -0.2) is 12.9 Å². The van der Waals surface area contributed by atoms with Crippen LogP contribution in [0.5, 0.6) is 5.75 Å². The first-order chi connectivity index (χ1) is 7.52. The van der Waals surface area contributed by atoms with Crippen molar-refractivity contribution in [3.8, 4) is 5.75 Å². The third kappa shape index (κ3) is 3.65. The van der Waals surface area contributed by atoms with Gasteiger partial charge in [-0.15, -0.1) is 0 Å². The topological polar surface area (TPSA) is 26.3 Å². The first kappa shape index (κ1) is 12.7. The van der Waals surface area contributed by atoms with E-state index >= 15 is 0 Å². The summed E-state index contributed by atoms with van der Waals surface area (Å²) in [7, 11) is 1.42. The highest BCUT2D eigenvalue weighted by molar-refractivity contribution is 5.81. The highest BCUT2D eigenvalue weighted by Gasteiger charge is 2.09. The Hall–Kier alpha value is -1.38. The molecule has 0 amide bonds. The van der Waals surface area contributed by atoms with E-state index in [0.717, 1.165) is 0 Å². The summed E-state index contributed by atoms with van der Waals surface area (Å²) in [5, 5.41) is 0. The van der Waals surface area contributed by atoms with Crippen molar-refractivity contribution >= 4 is 5.78 Å². The molecule has 0 bridgehead atoms. The Kier molecular flexibility index (Phi) is 4.47. The molecule has 1 aromatic rings. The molecule has 0 fully saturated rings. The second-order valence-electron chi connectivity index (χ2n) is 4.28. The van der Waals surface area contributed by atoms with Gasteiger partial charge >= 0.3 is 0 Å². The maximum absolute atomic E-state index is 13.3. The van der Waals surface area contributed by atoms with Crippen molar-refractivity contribution in [3.05, 3.63) is 29.6 Å². The standard InChI is InChI=1S/C13H17FO2/c1-9(2)6-11(15)7-10-4-5-13(16-3)12(14)8-10/h4-5,8-9H,6-7H2,1-3H3. The molecular formula is C13H17FO2. The van der Waals surface area contributed by atoms with Crippen LogP contribution in [0.4, 0.5) is 4.39 Å². The third-order valence-corrected chi connectivity index (χ3v) is 2.25. The number of ether oxygens (including phenoxy) is 1. The first-order valence-electron chi connectivity index (χ1n) is 5.37. The van der Waals surface area contributed by atoms with Crippen LogP contribution in [0.1, 0.15) is 25.8 Å². The van der Waals surface area contributed by atoms with Gasteiger partial charge in [-0.1, -0.05) is 19.9 Å². The Balaban J connectivity index is 2.68. The fourth-order valence-electron chi connectivity index (χ4n) is 1.58. The average molecular weight is 224 g/mol. The minimum absolute atomic E-state index is 0.138. The summed E-state index contributed by atoms with van der Waals surface area (Å²) >= 11 is 0. The van der Waals surface area contributed by atoms with Gasteiger partial charge in [0, 0.05) is 12.8 Å². The van der Waals surface area contributed by atoms with Crippen molar-refractivity contribution in [2.75, 3.05) is 7.11 Å². The number of hydrogen-bond acceptors (Lipinski definition) is 2. The molecule has 1 rings (SSSR count). The minimum atomic E-state index is -0.419. The average Bonchev–Trinajstić information content (AvgIpc) is 2.16. The fourth-order valence-corrected chi connectivity index (χ4v) is 1.58. The molecule has 0 atom stereocenters. The predicted molar refractivity (Wildman–Crippen MR) is 61.1 cm³/mol. The Labute approximate surface area is 95.4 Å². The number of halogens is 1. The molecule has 0 heterocycles. The number of methoxy groups -OCH3 is 1. The van der Waals surface area contributed by atoms with Gasteiger partial charge in [-0.3, -0.25) is 4.79 Å². The maximum atomic E-state index is 13.3. The molecule has 1 aromatic carbocycles. The zero-order chi connectivity index (χ0) is 12.1. The number of rotatable bonds is 5. The number of carbonyl (C=O) groups excluding carboxylic acids is 1. The van der Waals surface area contributed by atoms with Crippen LogP contribution in [-0.2, 0) is 11.2 Å². The number of ketones is 1. The summed E-state index contributed by atoms with van der Waals surface area (Å²) in [6.45, 7) is 3.99. The van der Waals surface area contributed by atoms with Crippen molar-refractivity contribution in [3.63, 3.8) is 0 Å². The monoisotopic (exact) mass is 224 g/mol. The van der Waals surface area contributed by atoms with Crippen LogP contribution < -0.4 is 4.74 Å². The molecule has 0 aliphatic rings. The van der Waals surface area contributed by atoms with E-state index in [-0.39, 0.29) is 11.5 Å². The summed E-state index contributed by atoms with van der Waals surface area (Å²) < 4.78 is 18.1. The zero-order valence-electron chi connectivity index (χ0n) is 9.92. The Bertz CT molecular complexity index is 372. The van der Waals surface area contributed by atoms with Gasteiger partial charge in [0.1, 0.15) is 5.78 Å². The molecule has 0 aliphatic heterocycles. The molecular weight excluding hydrogens is 207 g/mol. The summed E-state index contributed by atoms with van der Waals surface area (Å²) in [6.07, 6.45) is 0.826. The van der Waals surface area contributed by atoms with Gasteiger partial charge in [-0.05, 0) is 23.6 Å². The van der Waals surface area contributed by atoms with Gasteiger partial charge in [0.2, 0.25) is 0 Å². The Morgan fingerprint density at radius 2 is 2.12 bits per heavy atom. The molecule has 88 valence electrons. The lowest BCUT2D eigenvalue weighted by atomic mass is 10.0. The highest BCUT2D eigenvalue weighted by atomic mass is 19.1. The van der Waals surface area contributed by atoms with Crippen LogP contribution in [0.2, 0.25) is 0 Å². The maximum Gasteiger partial charge on any atom is 0.165 e. The van der Waals surface area contributed by atoms with Gasteiger partial charge in [0.05, 0.1) is 7.11 Å². The van der Waals surface area contributed by atoms with E-state index in [2.05, 4.69) is 0 Å². The second kappa shape index (κ2) is 5.64. The van der Waals surface area contributed by atoms with Crippen LogP contribution in [0.3, 0.4) is 0 Å². The molecule has 0 N–H and O–H groups in total. The summed E-state index contributed by atoms with van der Waals surface area (Å²) in [5.74, 6) is 0.271. The smallest absolute Gasteiger partial charge is 0.165 e. The summed E-state index contributed by atoms with van der Waals surface area (Å²) in [6, 6.07) is 4.63. The predicted octanol–water partition coefficient (Wildman–Crippen LogP) is 2.99. The molecule has 0 saturated carbocycles. The lowest BCUT2D eigenvalue weighted by Gasteiger charge is -2.06. The van der Waals surface area contributed by atoms with Gasteiger partial charge in [-0.25, -0.2) is 4.39 Å². The van der Waals surface area contributed by atoms with E-state index in [4.69, 9.17) is 4.74 Å². The lowest BCUT2D eigenvalue weighted by Crippen LogP contribution is -2.06. The van der Waals surface area contributed by atoms with Crippen molar-refractivity contribution in [2.45, 2.75) is 26.7 Å². The first-order valence-corrected chi connectivity index (χ1v) is 5.37. The minimum Gasteiger partial charge on any atom is -0.494 e. The van der Waals surface area contributed by atoms with E-state index in [9.17, 15) is 9.18 Å². The van der Waals surface area contributed by atoms with Crippen molar-refractivity contribution in [2.24, 2.45) is 5.92 Å². The van der Waals surface area contributed by atoms with Crippen LogP contribution in [0, 0.1) is 11.7 Å². The van der Waals surface area contributed by atoms with Gasteiger partial charge in [0.15, 0.2) is 11.6 Å². The summed E-state index contributed by atoms with van der Waals surface area (Å²) in [5.41, 5.74) is 0.698. The second-order valence-corrected chi connectivity index (χ2v) is 4.28. The third-order valence-electron chi connectivity index (χ3n) is 2.25. The van der Waals surface area contributed by atoms with Gasteiger partial charge in [-0.2, -0.15) is 0 Å². The van der Waals surface area contributed by atoms with Crippen molar-refractivity contribution in [1.29, 1.82) is 0 Å². The molecule has 0 saturated heterocycles.